The van der Waals surface area contributed by atoms with Crippen LogP contribution in [-0.2, 0) is 4.79 Å². The van der Waals surface area contributed by atoms with Crippen molar-refractivity contribution in [2.45, 2.75) is 63.7 Å². The topological polar surface area (TPSA) is 55.1 Å². The van der Waals surface area contributed by atoms with E-state index >= 15 is 0 Å². The van der Waals surface area contributed by atoms with Crippen LogP contribution < -0.4 is 11.1 Å². The summed E-state index contributed by atoms with van der Waals surface area (Å²) in [5.41, 5.74) is 4.99. The Hall–Kier alpha value is -0.220. The summed E-state index contributed by atoms with van der Waals surface area (Å²) < 4.78 is 0. The van der Waals surface area contributed by atoms with Crippen LogP contribution in [0.25, 0.3) is 0 Å². The Labute approximate surface area is 116 Å². The van der Waals surface area contributed by atoms with E-state index in [9.17, 15) is 4.79 Å². The quantitative estimate of drug-likeness (QED) is 0.749. The first kappa shape index (κ1) is 15.8. The van der Waals surface area contributed by atoms with Gasteiger partial charge in [-0.1, -0.05) is 26.7 Å². The van der Waals surface area contributed by atoms with Gasteiger partial charge in [0.05, 0.1) is 0 Å². The third-order valence-electron chi connectivity index (χ3n) is 3.80. The highest BCUT2D eigenvalue weighted by atomic mass is 32.2. The number of rotatable bonds is 7. The lowest BCUT2D eigenvalue weighted by Gasteiger charge is -2.31. The van der Waals surface area contributed by atoms with Gasteiger partial charge in [-0.05, 0) is 38.6 Å². The Morgan fingerprint density at radius 1 is 1.50 bits per heavy atom. The van der Waals surface area contributed by atoms with Gasteiger partial charge in [-0.3, -0.25) is 4.79 Å². The van der Waals surface area contributed by atoms with Gasteiger partial charge in [0.2, 0.25) is 5.91 Å². The average Bonchev–Trinajstić information content (AvgIpc) is 2.34. The van der Waals surface area contributed by atoms with Crippen molar-refractivity contribution in [2.75, 3.05) is 12.3 Å². The fraction of sp³-hybridized carbons (Fsp3) is 0.929. The highest BCUT2D eigenvalue weighted by Crippen LogP contribution is 2.33. The molecule has 106 valence electrons. The Balaban J connectivity index is 2.43. The van der Waals surface area contributed by atoms with Gasteiger partial charge in [0.1, 0.15) is 5.54 Å². The molecule has 0 bridgehead atoms. The summed E-state index contributed by atoms with van der Waals surface area (Å²) in [5, 5.41) is 4.01. The van der Waals surface area contributed by atoms with Crippen LogP contribution in [0.2, 0.25) is 0 Å². The van der Waals surface area contributed by atoms with Crippen LogP contribution in [-0.4, -0.2) is 29.0 Å². The molecule has 0 aliphatic heterocycles. The number of carbonyl (C=O) groups excluding carboxylic acids is 1. The van der Waals surface area contributed by atoms with E-state index in [0.29, 0.717) is 5.25 Å². The molecular weight excluding hydrogens is 244 g/mol. The third-order valence-corrected chi connectivity index (χ3v) is 5.45. The molecule has 1 rings (SSSR count). The molecule has 0 saturated heterocycles. The second-order valence-electron chi connectivity index (χ2n) is 5.83. The van der Waals surface area contributed by atoms with Crippen molar-refractivity contribution < 1.29 is 4.79 Å². The van der Waals surface area contributed by atoms with E-state index in [0.717, 1.165) is 24.6 Å². The zero-order chi connectivity index (χ0) is 13.6. The van der Waals surface area contributed by atoms with E-state index < -0.39 is 5.54 Å². The van der Waals surface area contributed by atoms with Gasteiger partial charge >= 0.3 is 0 Å². The molecule has 0 spiro atoms. The van der Waals surface area contributed by atoms with Crippen LogP contribution in [0.4, 0.5) is 0 Å². The minimum absolute atomic E-state index is 0.229. The number of primary amides is 1. The molecule has 1 aliphatic carbocycles. The van der Waals surface area contributed by atoms with Crippen LogP contribution >= 0.6 is 11.8 Å². The molecule has 1 amide bonds. The van der Waals surface area contributed by atoms with Crippen LogP contribution in [0, 0.1) is 5.92 Å². The number of nitrogens with two attached hydrogens (primary N) is 1. The van der Waals surface area contributed by atoms with Crippen LogP contribution in [0.1, 0.15) is 52.9 Å². The maximum atomic E-state index is 11.6. The monoisotopic (exact) mass is 272 g/mol. The predicted molar refractivity (Wildman–Crippen MR) is 79.8 cm³/mol. The normalized spacial score (nSPS) is 27.7. The molecule has 0 heterocycles. The zero-order valence-corrected chi connectivity index (χ0v) is 12.8. The first-order valence-corrected chi connectivity index (χ1v) is 8.19. The van der Waals surface area contributed by atoms with Crippen molar-refractivity contribution in [3.8, 4) is 0 Å². The molecule has 0 aromatic heterocycles. The second-order valence-corrected chi connectivity index (χ2v) is 7.12. The van der Waals surface area contributed by atoms with Gasteiger partial charge in [-0.15, -0.1) is 0 Å². The minimum Gasteiger partial charge on any atom is -0.368 e. The van der Waals surface area contributed by atoms with Crippen molar-refractivity contribution in [1.29, 1.82) is 0 Å². The lowest BCUT2D eigenvalue weighted by atomic mass is 9.91. The summed E-state index contributed by atoms with van der Waals surface area (Å²) in [4.78, 5) is 11.6. The minimum atomic E-state index is -0.554. The summed E-state index contributed by atoms with van der Waals surface area (Å²) >= 11 is 1.92. The van der Waals surface area contributed by atoms with Gasteiger partial charge in [-0.2, -0.15) is 11.8 Å². The average molecular weight is 272 g/mol. The van der Waals surface area contributed by atoms with Gasteiger partial charge in [0.15, 0.2) is 0 Å². The van der Waals surface area contributed by atoms with Crippen molar-refractivity contribution in [1.82, 2.24) is 5.32 Å². The maximum Gasteiger partial charge on any atom is 0.238 e. The summed E-state index contributed by atoms with van der Waals surface area (Å²) in [6.07, 6.45) is 6.28. The molecule has 0 radical (unpaired) electrons. The fourth-order valence-electron chi connectivity index (χ4n) is 2.42. The molecule has 3 atom stereocenters. The fourth-order valence-corrected chi connectivity index (χ4v) is 4.04. The third kappa shape index (κ3) is 4.81. The Bertz CT molecular complexity index is 273. The van der Waals surface area contributed by atoms with Crippen molar-refractivity contribution in [3.05, 3.63) is 0 Å². The summed E-state index contributed by atoms with van der Waals surface area (Å²) in [6.45, 7) is 7.21. The van der Waals surface area contributed by atoms with E-state index in [-0.39, 0.29) is 5.91 Å². The summed E-state index contributed by atoms with van der Waals surface area (Å²) in [6, 6.07) is 0. The maximum absolute atomic E-state index is 11.6. The molecule has 1 fully saturated rings. The number of amides is 1. The Morgan fingerprint density at radius 3 is 2.78 bits per heavy atom. The van der Waals surface area contributed by atoms with E-state index in [2.05, 4.69) is 19.2 Å². The highest BCUT2D eigenvalue weighted by molar-refractivity contribution is 8.00. The molecule has 1 aliphatic rings. The molecule has 3 nitrogen and oxygen atoms in total. The highest BCUT2D eigenvalue weighted by Gasteiger charge is 2.32. The van der Waals surface area contributed by atoms with Crippen molar-refractivity contribution in [3.63, 3.8) is 0 Å². The van der Waals surface area contributed by atoms with Crippen molar-refractivity contribution in [2.24, 2.45) is 11.7 Å². The summed E-state index contributed by atoms with van der Waals surface area (Å²) in [7, 11) is 0. The van der Waals surface area contributed by atoms with Gasteiger partial charge in [-0.25, -0.2) is 0 Å². The number of thioether (sulfide) groups is 1. The Morgan fingerprint density at radius 2 is 2.22 bits per heavy atom. The molecule has 3 N–H and O–H groups in total. The smallest absolute Gasteiger partial charge is 0.238 e. The molecule has 0 aromatic rings. The van der Waals surface area contributed by atoms with Crippen LogP contribution in [0.3, 0.4) is 0 Å². The summed E-state index contributed by atoms with van der Waals surface area (Å²) in [5.74, 6) is 1.40. The Kier molecular flexibility index (Phi) is 6.50. The van der Waals surface area contributed by atoms with E-state index in [1.165, 1.54) is 25.7 Å². The number of nitrogens with one attached hydrogen (secondary N) is 1. The van der Waals surface area contributed by atoms with Gasteiger partial charge < -0.3 is 11.1 Å². The van der Waals surface area contributed by atoms with E-state index in [4.69, 9.17) is 5.73 Å². The standard InChI is InChI=1S/C14H28N2OS/c1-4-8-16-14(3,13(15)17)10-18-12-7-5-6-11(2)9-12/h11-12,16H,4-10H2,1-3H3,(H2,15,17). The first-order chi connectivity index (χ1) is 8.48. The molecular formula is C14H28N2OS. The number of hydrogen-bond donors (Lipinski definition) is 2. The zero-order valence-electron chi connectivity index (χ0n) is 12.0. The molecule has 18 heavy (non-hydrogen) atoms. The second kappa shape index (κ2) is 7.39. The van der Waals surface area contributed by atoms with E-state index in [1.54, 1.807) is 0 Å². The number of carbonyl (C=O) groups is 1. The van der Waals surface area contributed by atoms with Gasteiger partial charge in [0, 0.05) is 11.0 Å². The molecule has 0 aromatic carbocycles. The molecule has 4 heteroatoms. The van der Waals surface area contributed by atoms with Crippen LogP contribution in [0.15, 0.2) is 0 Å². The SMILES string of the molecule is CCCNC(C)(CSC1CCCC(C)C1)C(N)=O. The number of hydrogen-bond acceptors (Lipinski definition) is 3. The predicted octanol–water partition coefficient (Wildman–Crippen LogP) is 2.54. The lowest BCUT2D eigenvalue weighted by molar-refractivity contribution is -0.122. The molecule has 3 unspecified atom stereocenters. The molecule has 1 saturated carbocycles. The van der Waals surface area contributed by atoms with Crippen molar-refractivity contribution >= 4 is 17.7 Å². The first-order valence-electron chi connectivity index (χ1n) is 7.14. The lowest BCUT2D eigenvalue weighted by Crippen LogP contribution is -2.55. The largest absolute Gasteiger partial charge is 0.368 e. The van der Waals surface area contributed by atoms with E-state index in [1.807, 2.05) is 18.7 Å². The van der Waals surface area contributed by atoms with Crippen LogP contribution in [0.5, 0.6) is 0 Å². The van der Waals surface area contributed by atoms with Gasteiger partial charge in [0.25, 0.3) is 0 Å².